The Hall–Kier alpha value is -2.76. The van der Waals surface area contributed by atoms with E-state index >= 15 is 0 Å². The number of rotatable bonds is 2. The molecule has 0 saturated heterocycles. The second kappa shape index (κ2) is 6.52. The second-order valence-electron chi connectivity index (χ2n) is 5.92. The largest absolute Gasteiger partial charge is 0.341 e. The molecule has 26 heavy (non-hydrogen) atoms. The predicted octanol–water partition coefficient (Wildman–Crippen LogP) is 3.97. The minimum atomic E-state index is -0.566. The summed E-state index contributed by atoms with van der Waals surface area (Å²) in [5.74, 6) is -0.0204. The molecule has 1 aliphatic rings. The summed E-state index contributed by atoms with van der Waals surface area (Å²) in [7, 11) is 0. The zero-order valence-corrected chi connectivity index (χ0v) is 14.9. The first-order valence-electron chi connectivity index (χ1n) is 7.88. The van der Waals surface area contributed by atoms with Crippen molar-refractivity contribution in [3.8, 4) is 0 Å². The van der Waals surface area contributed by atoms with Gasteiger partial charge in [0.15, 0.2) is 0 Å². The summed E-state index contributed by atoms with van der Waals surface area (Å²) in [5, 5.41) is 3.99. The maximum Gasteiger partial charge on any atom is 0.327 e. The van der Waals surface area contributed by atoms with Gasteiger partial charge in [0.25, 0.3) is 5.56 Å². The van der Waals surface area contributed by atoms with Crippen LogP contribution in [0.3, 0.4) is 0 Å². The number of fused-ring (bicyclic) bond motifs is 1. The highest BCUT2D eigenvalue weighted by Crippen LogP contribution is 2.37. The van der Waals surface area contributed by atoms with Gasteiger partial charge < -0.3 is 5.32 Å². The molecule has 0 fully saturated rings. The minimum Gasteiger partial charge on any atom is -0.341 e. The van der Waals surface area contributed by atoms with Crippen molar-refractivity contribution in [2.45, 2.75) is 5.92 Å². The van der Waals surface area contributed by atoms with E-state index in [0.29, 0.717) is 21.4 Å². The van der Waals surface area contributed by atoms with E-state index in [4.69, 9.17) is 23.2 Å². The first kappa shape index (κ1) is 16.7. The van der Waals surface area contributed by atoms with Gasteiger partial charge in [-0.15, -0.1) is 0 Å². The minimum absolute atomic E-state index is 0.371. The molecule has 130 valence electrons. The van der Waals surface area contributed by atoms with Crippen molar-refractivity contribution < 1.29 is 0 Å². The van der Waals surface area contributed by atoms with E-state index < -0.39 is 17.2 Å². The van der Waals surface area contributed by atoms with Crippen LogP contribution in [-0.2, 0) is 0 Å². The molecule has 0 amide bonds. The number of aromatic nitrogens is 2. The summed E-state index contributed by atoms with van der Waals surface area (Å²) < 4.78 is 0. The lowest BCUT2D eigenvalue weighted by Crippen LogP contribution is -2.31. The van der Waals surface area contributed by atoms with Gasteiger partial charge in [-0.3, -0.25) is 14.8 Å². The van der Waals surface area contributed by atoms with Crippen LogP contribution in [-0.4, -0.2) is 9.97 Å². The molecule has 2 heterocycles. The molecule has 3 N–H and O–H groups in total. The number of anilines is 1. The zero-order valence-electron chi connectivity index (χ0n) is 13.3. The number of H-pyrrole nitrogens is 2. The Bertz CT molecular complexity index is 1130. The van der Waals surface area contributed by atoms with Crippen molar-refractivity contribution in [2.24, 2.45) is 0 Å². The number of allylic oxidation sites excluding steroid dienone is 1. The molecule has 3 aromatic rings. The van der Waals surface area contributed by atoms with Gasteiger partial charge in [-0.1, -0.05) is 59.6 Å². The molecule has 1 aliphatic heterocycles. The van der Waals surface area contributed by atoms with Crippen LogP contribution >= 0.6 is 23.2 Å². The van der Waals surface area contributed by atoms with Crippen LogP contribution < -0.4 is 16.6 Å². The van der Waals surface area contributed by atoms with Crippen molar-refractivity contribution >= 4 is 34.7 Å². The monoisotopic (exact) mass is 385 g/mol. The molecule has 0 saturated carbocycles. The summed E-state index contributed by atoms with van der Waals surface area (Å²) >= 11 is 12.2. The molecule has 7 heteroatoms. The Morgan fingerprint density at radius 3 is 2.38 bits per heavy atom. The predicted molar refractivity (Wildman–Crippen MR) is 104 cm³/mol. The summed E-state index contributed by atoms with van der Waals surface area (Å²) in [6, 6.07) is 14.9. The van der Waals surface area contributed by atoms with Crippen molar-refractivity contribution in [2.75, 3.05) is 5.32 Å². The van der Waals surface area contributed by atoms with Crippen LogP contribution in [0.25, 0.3) is 5.70 Å². The molecule has 0 spiro atoms. The lowest BCUT2D eigenvalue weighted by molar-refractivity contribution is 0.914. The third-order valence-corrected chi connectivity index (χ3v) is 5.01. The molecular weight excluding hydrogens is 373 g/mol. The van der Waals surface area contributed by atoms with E-state index in [2.05, 4.69) is 15.3 Å². The van der Waals surface area contributed by atoms with E-state index in [1.54, 1.807) is 12.1 Å². The molecule has 2 aromatic carbocycles. The topological polar surface area (TPSA) is 77.8 Å². The molecule has 0 radical (unpaired) electrons. The number of hydrogen-bond donors (Lipinski definition) is 3. The highest BCUT2D eigenvalue weighted by Gasteiger charge is 2.26. The number of halogens is 2. The zero-order chi connectivity index (χ0) is 18.3. The van der Waals surface area contributed by atoms with Crippen LogP contribution in [0.15, 0.2) is 64.2 Å². The lowest BCUT2D eigenvalue weighted by atomic mass is 9.88. The second-order valence-corrected chi connectivity index (χ2v) is 6.73. The van der Waals surface area contributed by atoms with E-state index in [1.165, 1.54) is 0 Å². The standard InChI is InChI=1S/C19H13Cl2N3O2/c20-13-7-6-11(8-14(13)21)12-9-15(10-4-2-1-3-5-10)22-17-16(12)18(25)24-19(26)23-17/h1-9,12H,(H3,22,23,24,25,26). The Balaban J connectivity index is 1.94. The van der Waals surface area contributed by atoms with Crippen molar-refractivity contribution in [3.05, 3.63) is 102 Å². The SMILES string of the molecule is O=c1[nH]c2c(c(=O)[nH]1)C(c1ccc(Cl)c(Cl)c1)C=C(c1ccccc1)N2. The van der Waals surface area contributed by atoms with Gasteiger partial charge in [-0.25, -0.2) is 4.79 Å². The van der Waals surface area contributed by atoms with Crippen LogP contribution in [0.5, 0.6) is 0 Å². The highest BCUT2D eigenvalue weighted by atomic mass is 35.5. The quantitative estimate of drug-likeness (QED) is 0.624. The van der Waals surface area contributed by atoms with Gasteiger partial charge in [0.2, 0.25) is 0 Å². The number of aromatic amines is 2. The molecule has 1 atom stereocenters. The number of hydrogen-bond acceptors (Lipinski definition) is 3. The van der Waals surface area contributed by atoms with Gasteiger partial charge in [0.05, 0.1) is 15.6 Å². The van der Waals surface area contributed by atoms with Gasteiger partial charge in [0, 0.05) is 11.6 Å². The number of benzene rings is 2. The Labute approximate surface area is 158 Å². The van der Waals surface area contributed by atoms with Crippen LogP contribution in [0, 0.1) is 0 Å². The fraction of sp³-hybridized carbons (Fsp3) is 0.0526. The van der Waals surface area contributed by atoms with E-state index in [0.717, 1.165) is 16.8 Å². The molecule has 0 aliphatic carbocycles. The molecule has 5 nitrogen and oxygen atoms in total. The molecular formula is C19H13Cl2N3O2. The van der Waals surface area contributed by atoms with Gasteiger partial charge in [-0.05, 0) is 29.3 Å². The fourth-order valence-electron chi connectivity index (χ4n) is 3.07. The summed E-state index contributed by atoms with van der Waals surface area (Å²) in [6.07, 6.45) is 1.94. The molecule has 0 bridgehead atoms. The van der Waals surface area contributed by atoms with Crippen molar-refractivity contribution in [1.29, 1.82) is 0 Å². The summed E-state index contributed by atoms with van der Waals surface area (Å²) in [5.41, 5.74) is 1.93. The normalized spacial score (nSPS) is 15.8. The van der Waals surface area contributed by atoms with Crippen LogP contribution in [0.4, 0.5) is 5.82 Å². The van der Waals surface area contributed by atoms with Crippen LogP contribution in [0.1, 0.15) is 22.6 Å². The highest BCUT2D eigenvalue weighted by molar-refractivity contribution is 6.42. The molecule has 1 aromatic heterocycles. The Morgan fingerprint density at radius 2 is 1.65 bits per heavy atom. The first-order chi connectivity index (χ1) is 12.5. The average Bonchev–Trinajstić information content (AvgIpc) is 2.63. The molecule has 1 unspecified atom stereocenters. The average molecular weight is 386 g/mol. The van der Waals surface area contributed by atoms with Gasteiger partial charge in [-0.2, -0.15) is 0 Å². The van der Waals surface area contributed by atoms with Crippen molar-refractivity contribution in [3.63, 3.8) is 0 Å². The fourth-order valence-corrected chi connectivity index (χ4v) is 3.38. The first-order valence-corrected chi connectivity index (χ1v) is 8.64. The summed E-state index contributed by atoms with van der Waals surface area (Å²) in [4.78, 5) is 29.2. The van der Waals surface area contributed by atoms with E-state index in [1.807, 2.05) is 42.5 Å². The van der Waals surface area contributed by atoms with Gasteiger partial charge in [0.1, 0.15) is 5.82 Å². The third kappa shape index (κ3) is 2.96. The van der Waals surface area contributed by atoms with Crippen molar-refractivity contribution in [1.82, 2.24) is 9.97 Å². The third-order valence-electron chi connectivity index (χ3n) is 4.27. The lowest BCUT2D eigenvalue weighted by Gasteiger charge is -2.25. The smallest absolute Gasteiger partial charge is 0.327 e. The maximum absolute atomic E-state index is 12.5. The summed E-state index contributed by atoms with van der Waals surface area (Å²) in [6.45, 7) is 0. The van der Waals surface area contributed by atoms with Gasteiger partial charge >= 0.3 is 5.69 Å². The van der Waals surface area contributed by atoms with E-state index in [9.17, 15) is 9.59 Å². The van der Waals surface area contributed by atoms with E-state index in [-0.39, 0.29) is 0 Å². The number of nitrogens with one attached hydrogen (secondary N) is 3. The molecule has 4 rings (SSSR count). The van der Waals surface area contributed by atoms with Crippen LogP contribution in [0.2, 0.25) is 10.0 Å². The maximum atomic E-state index is 12.5. The Kier molecular flexibility index (Phi) is 4.18. The Morgan fingerprint density at radius 1 is 0.885 bits per heavy atom.